The maximum atomic E-state index is 13.2. The molecular formula is C19H25N3O2S. The lowest BCUT2D eigenvalue weighted by Gasteiger charge is -2.18. The molecule has 1 heterocycles. The zero-order chi connectivity index (χ0) is 17.8. The van der Waals surface area contributed by atoms with E-state index in [0.29, 0.717) is 17.4 Å². The van der Waals surface area contributed by atoms with Gasteiger partial charge in [-0.25, -0.2) is 13.1 Å². The van der Waals surface area contributed by atoms with Crippen molar-refractivity contribution in [1.29, 1.82) is 0 Å². The van der Waals surface area contributed by atoms with Crippen LogP contribution in [0.1, 0.15) is 61.9 Å². The summed E-state index contributed by atoms with van der Waals surface area (Å²) in [5, 5.41) is 1.66. The predicted molar refractivity (Wildman–Crippen MR) is 99.0 cm³/mol. The Balaban J connectivity index is 1.95. The molecule has 0 bridgehead atoms. The van der Waals surface area contributed by atoms with Gasteiger partial charge in [-0.15, -0.1) is 0 Å². The van der Waals surface area contributed by atoms with Gasteiger partial charge in [0.1, 0.15) is 0 Å². The highest BCUT2D eigenvalue weighted by molar-refractivity contribution is 7.89. The predicted octanol–water partition coefficient (Wildman–Crippen LogP) is 2.99. The average molecular weight is 359 g/mol. The summed E-state index contributed by atoms with van der Waals surface area (Å²) >= 11 is 0. The topological polar surface area (TPSA) is 85.1 Å². The molecule has 2 aromatic rings. The first-order valence-electron chi connectivity index (χ1n) is 9.07. The van der Waals surface area contributed by atoms with E-state index in [2.05, 4.69) is 15.8 Å². The SMILES string of the molecule is CC(C)CNS(=O)(=O)c1c2c(cc3cnc(C4CC4)cc13)CCC2N. The fourth-order valence-corrected chi connectivity index (χ4v) is 5.39. The number of hydrogen-bond donors (Lipinski definition) is 2. The molecule has 1 fully saturated rings. The Bertz CT molecular complexity index is 933. The molecule has 2 aliphatic carbocycles. The molecule has 6 heteroatoms. The Hall–Kier alpha value is -1.50. The second-order valence-corrected chi connectivity index (χ2v) is 9.48. The Morgan fingerprint density at radius 2 is 2.04 bits per heavy atom. The lowest BCUT2D eigenvalue weighted by Crippen LogP contribution is -2.29. The number of rotatable bonds is 5. The molecule has 0 aliphatic heterocycles. The zero-order valence-electron chi connectivity index (χ0n) is 14.7. The maximum Gasteiger partial charge on any atom is 0.241 e. The van der Waals surface area contributed by atoms with Crippen molar-refractivity contribution in [1.82, 2.24) is 9.71 Å². The number of aromatic nitrogens is 1. The van der Waals surface area contributed by atoms with E-state index in [-0.39, 0.29) is 12.0 Å². The molecule has 1 aromatic carbocycles. The van der Waals surface area contributed by atoms with Crippen LogP contribution in [-0.2, 0) is 16.4 Å². The van der Waals surface area contributed by atoms with Gasteiger partial charge in [0.2, 0.25) is 10.0 Å². The number of nitrogens with zero attached hydrogens (tertiary/aromatic N) is 1. The third-order valence-electron chi connectivity index (χ3n) is 5.16. The lowest BCUT2D eigenvalue weighted by molar-refractivity contribution is 0.559. The number of hydrogen-bond acceptors (Lipinski definition) is 4. The van der Waals surface area contributed by atoms with Crippen molar-refractivity contribution in [3.63, 3.8) is 0 Å². The number of nitrogens with one attached hydrogen (secondary N) is 1. The van der Waals surface area contributed by atoms with Crippen LogP contribution >= 0.6 is 0 Å². The molecule has 0 amide bonds. The minimum absolute atomic E-state index is 0.220. The number of fused-ring (bicyclic) bond motifs is 2. The van der Waals surface area contributed by atoms with Crippen LogP contribution in [0.2, 0.25) is 0 Å². The van der Waals surface area contributed by atoms with E-state index >= 15 is 0 Å². The first-order chi connectivity index (χ1) is 11.9. The second kappa shape index (κ2) is 6.04. The van der Waals surface area contributed by atoms with Gasteiger partial charge in [0.25, 0.3) is 0 Å². The molecule has 0 saturated heterocycles. The van der Waals surface area contributed by atoms with E-state index in [0.717, 1.165) is 53.3 Å². The first-order valence-corrected chi connectivity index (χ1v) is 10.6. The summed E-state index contributed by atoms with van der Waals surface area (Å²) in [7, 11) is -3.62. The second-order valence-electron chi connectivity index (χ2n) is 7.77. The summed E-state index contributed by atoms with van der Waals surface area (Å²) in [5.74, 6) is 0.723. The van der Waals surface area contributed by atoms with Gasteiger partial charge >= 0.3 is 0 Å². The van der Waals surface area contributed by atoms with Gasteiger partial charge in [0.05, 0.1) is 4.90 Å². The minimum Gasteiger partial charge on any atom is -0.324 e. The van der Waals surface area contributed by atoms with Crippen molar-refractivity contribution in [2.24, 2.45) is 11.7 Å². The largest absolute Gasteiger partial charge is 0.324 e. The lowest BCUT2D eigenvalue weighted by atomic mass is 10.0. The average Bonchev–Trinajstić information content (AvgIpc) is 3.35. The van der Waals surface area contributed by atoms with Crippen molar-refractivity contribution in [2.75, 3.05) is 6.54 Å². The summed E-state index contributed by atoms with van der Waals surface area (Å²) in [6.07, 6.45) is 5.71. The number of nitrogens with two attached hydrogens (primary N) is 1. The highest BCUT2D eigenvalue weighted by Crippen LogP contribution is 2.43. The molecule has 1 atom stereocenters. The molecule has 5 nitrogen and oxygen atoms in total. The fourth-order valence-electron chi connectivity index (χ4n) is 3.66. The van der Waals surface area contributed by atoms with Crippen molar-refractivity contribution in [3.8, 4) is 0 Å². The van der Waals surface area contributed by atoms with Crippen LogP contribution in [-0.4, -0.2) is 19.9 Å². The van der Waals surface area contributed by atoms with E-state index in [4.69, 9.17) is 5.73 Å². The summed E-state index contributed by atoms with van der Waals surface area (Å²) < 4.78 is 29.1. The van der Waals surface area contributed by atoms with Crippen LogP contribution in [0.5, 0.6) is 0 Å². The van der Waals surface area contributed by atoms with Crippen molar-refractivity contribution in [2.45, 2.75) is 56.4 Å². The maximum absolute atomic E-state index is 13.2. The quantitative estimate of drug-likeness (QED) is 0.859. The van der Waals surface area contributed by atoms with E-state index in [1.807, 2.05) is 26.1 Å². The van der Waals surface area contributed by atoms with Crippen LogP contribution in [0, 0.1) is 5.92 Å². The molecule has 25 heavy (non-hydrogen) atoms. The summed E-state index contributed by atoms with van der Waals surface area (Å²) in [5.41, 5.74) is 9.14. The molecule has 1 saturated carbocycles. The van der Waals surface area contributed by atoms with Gasteiger partial charge in [-0.1, -0.05) is 13.8 Å². The van der Waals surface area contributed by atoms with Crippen LogP contribution in [0.25, 0.3) is 10.8 Å². The van der Waals surface area contributed by atoms with Gasteiger partial charge in [-0.3, -0.25) is 4.98 Å². The molecule has 3 N–H and O–H groups in total. The first kappa shape index (κ1) is 16.9. The molecule has 1 unspecified atom stereocenters. The third kappa shape index (κ3) is 3.07. The van der Waals surface area contributed by atoms with Crippen LogP contribution < -0.4 is 10.5 Å². The van der Waals surface area contributed by atoms with Gasteiger partial charge in [0.15, 0.2) is 0 Å². The Kier molecular flexibility index (Phi) is 4.09. The van der Waals surface area contributed by atoms with Gasteiger partial charge < -0.3 is 5.73 Å². The molecule has 1 aromatic heterocycles. The Labute approximate surface area is 149 Å². The van der Waals surface area contributed by atoms with E-state index in [9.17, 15) is 8.42 Å². The number of sulfonamides is 1. The molecular weight excluding hydrogens is 334 g/mol. The van der Waals surface area contributed by atoms with Gasteiger partial charge in [-0.2, -0.15) is 0 Å². The number of aryl methyl sites for hydroxylation is 1. The van der Waals surface area contributed by atoms with Crippen LogP contribution in [0.3, 0.4) is 0 Å². The third-order valence-corrected chi connectivity index (χ3v) is 6.69. The van der Waals surface area contributed by atoms with Crippen LogP contribution in [0.4, 0.5) is 0 Å². The highest BCUT2D eigenvalue weighted by atomic mass is 32.2. The standard InChI is InChI=1S/C19H25N3O2S/c1-11(2)9-22-25(23,24)19-15-8-17(12-3-4-12)21-10-14(15)7-13-5-6-16(20)18(13)19/h7-8,10-12,16,22H,3-6,9,20H2,1-2H3. The molecule has 0 radical (unpaired) electrons. The fraction of sp³-hybridized carbons (Fsp3) is 0.526. The summed E-state index contributed by atoms with van der Waals surface area (Å²) in [4.78, 5) is 4.95. The van der Waals surface area contributed by atoms with E-state index < -0.39 is 10.0 Å². The number of pyridine rings is 1. The molecule has 2 aliphatic rings. The summed E-state index contributed by atoms with van der Waals surface area (Å²) in [6.45, 7) is 4.41. The van der Waals surface area contributed by atoms with Crippen LogP contribution in [0.15, 0.2) is 23.2 Å². The molecule has 134 valence electrons. The Morgan fingerprint density at radius 1 is 1.28 bits per heavy atom. The molecule has 0 spiro atoms. The normalized spacial score (nSPS) is 20.4. The van der Waals surface area contributed by atoms with Crippen molar-refractivity contribution < 1.29 is 8.42 Å². The highest BCUT2D eigenvalue weighted by Gasteiger charge is 2.32. The smallest absolute Gasteiger partial charge is 0.241 e. The minimum atomic E-state index is -3.62. The summed E-state index contributed by atoms with van der Waals surface area (Å²) in [6, 6.07) is 3.83. The van der Waals surface area contributed by atoms with E-state index in [1.165, 1.54) is 0 Å². The van der Waals surface area contributed by atoms with E-state index in [1.54, 1.807) is 0 Å². The monoisotopic (exact) mass is 359 g/mol. The Morgan fingerprint density at radius 3 is 2.72 bits per heavy atom. The van der Waals surface area contributed by atoms with Gasteiger partial charge in [0, 0.05) is 41.2 Å². The van der Waals surface area contributed by atoms with Crippen molar-refractivity contribution in [3.05, 3.63) is 35.2 Å². The molecule has 4 rings (SSSR count). The van der Waals surface area contributed by atoms with Crippen molar-refractivity contribution >= 4 is 20.8 Å². The number of benzene rings is 1. The van der Waals surface area contributed by atoms with Gasteiger partial charge in [-0.05, 0) is 54.9 Å². The zero-order valence-corrected chi connectivity index (χ0v) is 15.6.